The van der Waals surface area contributed by atoms with Crippen LogP contribution in [0.15, 0.2) is 36.7 Å². The van der Waals surface area contributed by atoms with Crippen LogP contribution in [0.2, 0.25) is 0 Å². The third-order valence-corrected chi connectivity index (χ3v) is 7.20. The van der Waals surface area contributed by atoms with Crippen molar-refractivity contribution in [1.82, 2.24) is 19.8 Å². The molecule has 37 heavy (non-hydrogen) atoms. The van der Waals surface area contributed by atoms with Gasteiger partial charge in [-0.05, 0) is 56.4 Å². The molecule has 4 aliphatic rings. The molecule has 9 nitrogen and oxygen atoms in total. The number of nitrogens with one attached hydrogen (secondary N) is 2. The van der Waals surface area contributed by atoms with Gasteiger partial charge in [-0.15, -0.1) is 0 Å². The van der Waals surface area contributed by atoms with E-state index in [1.165, 1.54) is 22.8 Å². The fraction of sp³-hybridized carbons (Fsp3) is 0.400. The van der Waals surface area contributed by atoms with Crippen LogP contribution >= 0.6 is 0 Å². The Labute approximate surface area is 209 Å². The number of aromatic nitrogens is 2. The number of rotatable bonds is 5. The molecule has 3 amide bonds. The first-order valence-corrected chi connectivity index (χ1v) is 12.0. The lowest BCUT2D eigenvalue weighted by Gasteiger charge is -2.31. The van der Waals surface area contributed by atoms with Crippen LogP contribution in [0.25, 0.3) is 5.52 Å². The van der Waals surface area contributed by atoms with E-state index < -0.39 is 23.4 Å². The van der Waals surface area contributed by atoms with Gasteiger partial charge in [0, 0.05) is 24.3 Å². The minimum Gasteiger partial charge on any atom is -0.455 e. The zero-order valence-electron chi connectivity index (χ0n) is 19.8. The molecule has 7 rings (SSSR count). The van der Waals surface area contributed by atoms with Crippen LogP contribution in [-0.4, -0.2) is 55.8 Å². The maximum absolute atomic E-state index is 13.8. The zero-order chi connectivity index (χ0) is 26.1. The molecule has 2 aromatic heterocycles. The number of fused-ring (bicyclic) bond motifs is 2. The number of nitrogens with zero attached hydrogens (tertiary/aromatic N) is 3. The predicted octanol–water partition coefficient (Wildman–Crippen LogP) is 4.09. The van der Waals surface area contributed by atoms with E-state index in [0.29, 0.717) is 29.5 Å². The van der Waals surface area contributed by atoms with E-state index in [2.05, 4.69) is 15.7 Å². The molecular formula is C25H24F3N5O4. The van der Waals surface area contributed by atoms with Crippen molar-refractivity contribution in [3.8, 4) is 11.5 Å². The summed E-state index contributed by atoms with van der Waals surface area (Å²) in [6, 6.07) is 4.12. The van der Waals surface area contributed by atoms with Crippen LogP contribution in [0, 0.1) is 6.92 Å². The summed E-state index contributed by atoms with van der Waals surface area (Å²) < 4.78 is 48.7. The predicted molar refractivity (Wildman–Crippen MR) is 126 cm³/mol. The first-order chi connectivity index (χ1) is 17.5. The van der Waals surface area contributed by atoms with E-state index >= 15 is 0 Å². The lowest BCUT2D eigenvalue weighted by atomic mass is 9.81. The average Bonchev–Trinajstić information content (AvgIpc) is 3.34. The molecule has 2 saturated heterocycles. The number of aryl methyl sites for hydroxylation is 1. The molecule has 2 aliphatic heterocycles. The van der Waals surface area contributed by atoms with E-state index in [-0.39, 0.29) is 41.7 Å². The number of urea groups is 1. The van der Waals surface area contributed by atoms with Crippen LogP contribution in [0.1, 0.15) is 47.2 Å². The minimum atomic E-state index is -4.74. The number of ether oxygens (including phenoxy) is 1. The standard InChI is InChI=1S/C25H24F3N5O4/c1-13-17(22(34)32-12-24(36)9-15(32)10-24)11-33-21(13)20(6-7-29-33)37-16-4-5-19(18(8-16)25(26,27)28)31-23(35)30-14-2-3-14/h4-8,11,14-15,36H,2-3,9-10,12H2,1H3,(H2,30,31,35). The Bertz CT molecular complexity index is 1430. The SMILES string of the molecule is Cc1c(C(=O)N2CC3(O)CC2C3)cn2nccc(Oc3ccc(NC(=O)NC4CC4)c(C(F)(F)F)c3)c12. The summed E-state index contributed by atoms with van der Waals surface area (Å²) in [6.07, 6.45) is 0.986. The molecule has 2 aliphatic carbocycles. The van der Waals surface area contributed by atoms with Gasteiger partial charge in [0.05, 0.1) is 35.2 Å². The summed E-state index contributed by atoms with van der Waals surface area (Å²) in [5.41, 5.74) is -0.844. The Kier molecular flexibility index (Phi) is 5.17. The number of alkyl halides is 3. The van der Waals surface area contributed by atoms with Gasteiger partial charge in [-0.2, -0.15) is 18.3 Å². The molecule has 1 aromatic carbocycles. The van der Waals surface area contributed by atoms with Gasteiger partial charge < -0.3 is 25.4 Å². The second-order valence-electron chi connectivity index (χ2n) is 10.1. The maximum atomic E-state index is 13.8. The number of halogens is 3. The third-order valence-electron chi connectivity index (χ3n) is 7.20. The van der Waals surface area contributed by atoms with Crippen molar-refractivity contribution < 1.29 is 32.6 Å². The van der Waals surface area contributed by atoms with E-state index in [1.54, 1.807) is 18.0 Å². The number of carbonyl (C=O) groups is 2. The van der Waals surface area contributed by atoms with Gasteiger partial charge in [0.2, 0.25) is 0 Å². The van der Waals surface area contributed by atoms with Crippen LogP contribution < -0.4 is 15.4 Å². The van der Waals surface area contributed by atoms with Gasteiger partial charge >= 0.3 is 12.2 Å². The van der Waals surface area contributed by atoms with Crippen LogP contribution in [0.3, 0.4) is 0 Å². The Morgan fingerprint density at radius 3 is 2.62 bits per heavy atom. The van der Waals surface area contributed by atoms with Crippen LogP contribution in [0.5, 0.6) is 11.5 Å². The summed E-state index contributed by atoms with van der Waals surface area (Å²) in [6.45, 7) is 2.00. The van der Waals surface area contributed by atoms with Crippen molar-refractivity contribution in [1.29, 1.82) is 0 Å². The van der Waals surface area contributed by atoms with Crippen molar-refractivity contribution >= 4 is 23.1 Å². The lowest BCUT2D eigenvalue weighted by molar-refractivity contribution is -0.137. The van der Waals surface area contributed by atoms with Gasteiger partial charge in [-0.1, -0.05) is 0 Å². The second-order valence-corrected chi connectivity index (χ2v) is 10.1. The minimum absolute atomic E-state index is 0.00265. The van der Waals surface area contributed by atoms with Crippen molar-refractivity contribution in [3.63, 3.8) is 0 Å². The maximum Gasteiger partial charge on any atom is 0.418 e. The number of carbonyl (C=O) groups excluding carboxylic acids is 2. The quantitative estimate of drug-likeness (QED) is 0.475. The third kappa shape index (κ3) is 4.24. The van der Waals surface area contributed by atoms with E-state index in [0.717, 1.165) is 25.0 Å². The molecule has 194 valence electrons. The van der Waals surface area contributed by atoms with Gasteiger partial charge in [0.15, 0.2) is 5.75 Å². The largest absolute Gasteiger partial charge is 0.455 e. The molecular weight excluding hydrogens is 491 g/mol. The fourth-order valence-corrected chi connectivity index (χ4v) is 5.16. The van der Waals surface area contributed by atoms with Crippen LogP contribution in [-0.2, 0) is 6.18 Å². The Morgan fingerprint density at radius 1 is 1.22 bits per heavy atom. The Balaban J connectivity index is 1.29. The molecule has 0 atom stereocenters. The first kappa shape index (κ1) is 23.6. The highest BCUT2D eigenvalue weighted by Gasteiger charge is 2.56. The molecule has 0 spiro atoms. The summed E-state index contributed by atoms with van der Waals surface area (Å²) >= 11 is 0. The number of hydrogen-bond donors (Lipinski definition) is 3. The highest BCUT2D eigenvalue weighted by Crippen LogP contribution is 2.45. The van der Waals surface area contributed by atoms with Gasteiger partial charge in [0.1, 0.15) is 11.3 Å². The van der Waals surface area contributed by atoms with Crippen LogP contribution in [0.4, 0.5) is 23.7 Å². The second kappa shape index (κ2) is 8.10. The van der Waals surface area contributed by atoms with Crippen molar-refractivity contribution in [2.75, 3.05) is 11.9 Å². The van der Waals surface area contributed by atoms with E-state index in [1.807, 2.05) is 0 Å². The first-order valence-electron chi connectivity index (χ1n) is 12.0. The Hall–Kier alpha value is -3.80. The Morgan fingerprint density at radius 2 is 1.97 bits per heavy atom. The molecule has 4 heterocycles. The molecule has 3 N–H and O–H groups in total. The van der Waals surface area contributed by atoms with Crippen molar-refractivity contribution in [3.05, 3.63) is 53.3 Å². The van der Waals surface area contributed by atoms with Gasteiger partial charge in [0.25, 0.3) is 5.91 Å². The fourth-order valence-electron chi connectivity index (χ4n) is 5.16. The number of hydrogen-bond acceptors (Lipinski definition) is 5. The molecule has 12 heteroatoms. The monoisotopic (exact) mass is 515 g/mol. The van der Waals surface area contributed by atoms with Gasteiger partial charge in [-0.3, -0.25) is 4.79 Å². The average molecular weight is 515 g/mol. The highest BCUT2D eigenvalue weighted by molar-refractivity contribution is 5.99. The molecule has 0 unspecified atom stereocenters. The van der Waals surface area contributed by atoms with Gasteiger partial charge in [-0.25, -0.2) is 9.31 Å². The van der Waals surface area contributed by atoms with E-state index in [4.69, 9.17) is 4.74 Å². The summed E-state index contributed by atoms with van der Waals surface area (Å²) in [7, 11) is 0. The number of amides is 3. The molecule has 2 bridgehead atoms. The molecule has 0 radical (unpaired) electrons. The normalized spacial score (nSPS) is 22.6. The van der Waals surface area contributed by atoms with Crippen molar-refractivity contribution in [2.45, 2.75) is 56.5 Å². The lowest BCUT2D eigenvalue weighted by Crippen LogP contribution is -2.40. The van der Waals surface area contributed by atoms with Crippen molar-refractivity contribution in [2.24, 2.45) is 0 Å². The van der Waals surface area contributed by atoms with E-state index in [9.17, 15) is 27.9 Å². The zero-order valence-corrected chi connectivity index (χ0v) is 19.8. The molecule has 3 aromatic rings. The number of anilines is 1. The topological polar surface area (TPSA) is 108 Å². The summed E-state index contributed by atoms with van der Waals surface area (Å²) in [4.78, 5) is 26.9. The summed E-state index contributed by atoms with van der Waals surface area (Å²) in [5, 5.41) is 19.4. The molecule has 2 saturated carbocycles. The molecule has 4 fully saturated rings. The number of benzene rings is 1. The number of aliphatic hydroxyl groups is 1. The summed E-state index contributed by atoms with van der Waals surface area (Å²) in [5.74, 6) is -0.104. The smallest absolute Gasteiger partial charge is 0.418 e. The highest BCUT2D eigenvalue weighted by atomic mass is 19.4.